The number of alkyl halides is 3. The maximum atomic E-state index is 14.2. The molecule has 0 saturated carbocycles. The van der Waals surface area contributed by atoms with Crippen molar-refractivity contribution >= 4 is 40.3 Å². The van der Waals surface area contributed by atoms with E-state index in [2.05, 4.69) is 20.8 Å². The van der Waals surface area contributed by atoms with Gasteiger partial charge in [0.15, 0.2) is 5.11 Å². The molecule has 0 bridgehead atoms. The van der Waals surface area contributed by atoms with Gasteiger partial charge in [-0.25, -0.2) is 4.39 Å². The summed E-state index contributed by atoms with van der Waals surface area (Å²) >= 11 is 11.6. The standard InChI is InChI=1S/C24H21ClF4N6S/c1-14-22(15(2)35(33-14)13-19-20(25)7-4-8-21(19)26)32-23(36)31-18-10-30-34(12-18)11-16-5-3-6-17(9-16)24(27,28)29/h3-10,12H,11,13H2,1-2H3,(H2,31,32,36). The van der Waals surface area contributed by atoms with Crippen LogP contribution in [0.5, 0.6) is 0 Å². The van der Waals surface area contributed by atoms with Gasteiger partial charge in [-0.1, -0.05) is 29.8 Å². The normalized spacial score (nSPS) is 11.5. The Labute approximate surface area is 214 Å². The largest absolute Gasteiger partial charge is 0.416 e. The third-order valence-corrected chi connectivity index (χ3v) is 6.04. The number of halogens is 5. The monoisotopic (exact) mass is 536 g/mol. The summed E-state index contributed by atoms with van der Waals surface area (Å²) in [6.07, 6.45) is -1.25. The van der Waals surface area contributed by atoms with Gasteiger partial charge < -0.3 is 10.6 Å². The van der Waals surface area contributed by atoms with Crippen molar-refractivity contribution in [3.05, 3.63) is 93.8 Å². The van der Waals surface area contributed by atoms with E-state index in [1.165, 1.54) is 23.0 Å². The molecule has 0 saturated heterocycles. The first-order chi connectivity index (χ1) is 17.0. The van der Waals surface area contributed by atoms with Crippen molar-refractivity contribution in [2.75, 3.05) is 10.6 Å². The number of benzene rings is 2. The van der Waals surface area contributed by atoms with E-state index < -0.39 is 17.6 Å². The molecule has 0 amide bonds. The number of nitrogens with one attached hydrogen (secondary N) is 2. The molecule has 0 fully saturated rings. The predicted molar refractivity (Wildman–Crippen MR) is 135 cm³/mol. The number of thiocarbonyl (C=S) groups is 1. The van der Waals surface area contributed by atoms with Crippen LogP contribution in [0.2, 0.25) is 5.02 Å². The van der Waals surface area contributed by atoms with Gasteiger partial charge in [-0.3, -0.25) is 9.36 Å². The van der Waals surface area contributed by atoms with Gasteiger partial charge in [-0.05, 0) is 55.9 Å². The highest BCUT2D eigenvalue weighted by Gasteiger charge is 2.30. The molecule has 0 aliphatic heterocycles. The summed E-state index contributed by atoms with van der Waals surface area (Å²) in [4.78, 5) is 0. The molecule has 4 aromatic rings. The molecule has 0 atom stereocenters. The lowest BCUT2D eigenvalue weighted by Gasteiger charge is -2.11. The Hall–Kier alpha value is -3.44. The zero-order valence-corrected chi connectivity index (χ0v) is 20.8. The third-order valence-electron chi connectivity index (χ3n) is 5.48. The van der Waals surface area contributed by atoms with Crippen molar-refractivity contribution in [3.8, 4) is 0 Å². The number of aryl methyl sites for hydroxylation is 1. The summed E-state index contributed by atoms with van der Waals surface area (Å²) in [6, 6.07) is 9.61. The van der Waals surface area contributed by atoms with Gasteiger partial charge in [0.1, 0.15) is 5.82 Å². The van der Waals surface area contributed by atoms with Crippen molar-refractivity contribution in [1.82, 2.24) is 19.6 Å². The van der Waals surface area contributed by atoms with E-state index in [4.69, 9.17) is 23.8 Å². The maximum absolute atomic E-state index is 14.2. The fourth-order valence-corrected chi connectivity index (χ4v) is 4.13. The number of anilines is 2. The molecule has 2 aromatic carbocycles. The van der Waals surface area contributed by atoms with Crippen molar-refractivity contribution in [1.29, 1.82) is 0 Å². The van der Waals surface area contributed by atoms with Crippen LogP contribution >= 0.6 is 23.8 Å². The van der Waals surface area contributed by atoms with Gasteiger partial charge >= 0.3 is 6.18 Å². The minimum atomic E-state index is -4.41. The molecule has 2 aromatic heterocycles. The van der Waals surface area contributed by atoms with Crippen LogP contribution in [0.3, 0.4) is 0 Å². The van der Waals surface area contributed by atoms with E-state index >= 15 is 0 Å². The van der Waals surface area contributed by atoms with E-state index in [-0.39, 0.29) is 18.2 Å². The SMILES string of the molecule is Cc1nn(Cc2c(F)cccc2Cl)c(C)c1NC(=S)Nc1cnn(Cc2cccc(C(F)(F)F)c2)c1. The highest BCUT2D eigenvalue weighted by atomic mass is 35.5. The second-order valence-electron chi connectivity index (χ2n) is 8.11. The van der Waals surface area contributed by atoms with Gasteiger partial charge in [0.25, 0.3) is 0 Å². The smallest absolute Gasteiger partial charge is 0.330 e. The van der Waals surface area contributed by atoms with Crippen molar-refractivity contribution in [2.24, 2.45) is 0 Å². The highest BCUT2D eigenvalue weighted by Crippen LogP contribution is 2.30. The highest BCUT2D eigenvalue weighted by molar-refractivity contribution is 7.80. The molecule has 0 spiro atoms. The number of aromatic nitrogens is 4. The molecule has 0 radical (unpaired) electrons. The summed E-state index contributed by atoms with van der Waals surface area (Å²) in [7, 11) is 0. The van der Waals surface area contributed by atoms with Crippen molar-refractivity contribution in [3.63, 3.8) is 0 Å². The van der Waals surface area contributed by atoms with Crippen LogP contribution in [0.4, 0.5) is 28.9 Å². The zero-order chi connectivity index (χ0) is 26.0. The predicted octanol–water partition coefficient (Wildman–Crippen LogP) is 6.41. The quantitative estimate of drug-likeness (QED) is 0.220. The Bertz CT molecular complexity index is 1390. The van der Waals surface area contributed by atoms with E-state index in [1.807, 2.05) is 6.92 Å². The minimum absolute atomic E-state index is 0.155. The molecule has 6 nitrogen and oxygen atoms in total. The van der Waals surface area contributed by atoms with Crippen molar-refractivity contribution < 1.29 is 17.6 Å². The molecule has 2 heterocycles. The van der Waals surface area contributed by atoms with Crippen molar-refractivity contribution in [2.45, 2.75) is 33.1 Å². The van der Waals surface area contributed by atoms with E-state index in [0.717, 1.165) is 17.8 Å². The van der Waals surface area contributed by atoms with Gasteiger partial charge in [0.2, 0.25) is 0 Å². The Morgan fingerprint density at radius 1 is 1.08 bits per heavy atom. The van der Waals surface area contributed by atoms with Crippen LogP contribution < -0.4 is 10.6 Å². The zero-order valence-electron chi connectivity index (χ0n) is 19.2. The molecule has 36 heavy (non-hydrogen) atoms. The lowest BCUT2D eigenvalue weighted by Crippen LogP contribution is -2.19. The Morgan fingerprint density at radius 3 is 2.56 bits per heavy atom. The maximum Gasteiger partial charge on any atom is 0.416 e. The fraction of sp³-hybridized carbons (Fsp3) is 0.208. The lowest BCUT2D eigenvalue weighted by molar-refractivity contribution is -0.137. The molecule has 2 N–H and O–H groups in total. The van der Waals surface area contributed by atoms with Crippen LogP contribution in [-0.4, -0.2) is 24.7 Å². The van der Waals surface area contributed by atoms with Crippen LogP contribution in [0.25, 0.3) is 0 Å². The molecule has 0 unspecified atom stereocenters. The first-order valence-electron chi connectivity index (χ1n) is 10.7. The molecule has 188 valence electrons. The number of nitrogens with zero attached hydrogens (tertiary/aromatic N) is 4. The van der Waals surface area contributed by atoms with Gasteiger partial charge in [0.05, 0.1) is 47.6 Å². The van der Waals surface area contributed by atoms with Crippen LogP contribution in [0.15, 0.2) is 54.9 Å². The van der Waals surface area contributed by atoms with Gasteiger partial charge in [-0.2, -0.15) is 23.4 Å². The van der Waals surface area contributed by atoms with E-state index in [0.29, 0.717) is 33.2 Å². The Balaban J connectivity index is 1.42. The molecule has 0 aliphatic rings. The average Bonchev–Trinajstić information content (AvgIpc) is 3.34. The summed E-state index contributed by atoms with van der Waals surface area (Å²) in [5.41, 5.74) is 2.70. The fourth-order valence-electron chi connectivity index (χ4n) is 3.69. The molecular formula is C24H21ClF4N6S. The third kappa shape index (κ3) is 5.85. The minimum Gasteiger partial charge on any atom is -0.330 e. The van der Waals surface area contributed by atoms with Crippen LogP contribution in [-0.2, 0) is 19.3 Å². The molecule has 12 heteroatoms. The number of hydrogen-bond donors (Lipinski definition) is 2. The topological polar surface area (TPSA) is 59.7 Å². The summed E-state index contributed by atoms with van der Waals surface area (Å²) in [5.74, 6) is -0.413. The van der Waals surface area contributed by atoms with E-state index in [9.17, 15) is 17.6 Å². The van der Waals surface area contributed by atoms with E-state index in [1.54, 1.807) is 36.0 Å². The molecular weight excluding hydrogens is 516 g/mol. The van der Waals surface area contributed by atoms with Gasteiger partial charge in [0, 0.05) is 16.8 Å². The van der Waals surface area contributed by atoms with Gasteiger partial charge in [-0.15, -0.1) is 0 Å². The van der Waals surface area contributed by atoms with Crippen LogP contribution in [0.1, 0.15) is 28.1 Å². The Morgan fingerprint density at radius 2 is 1.83 bits per heavy atom. The summed E-state index contributed by atoms with van der Waals surface area (Å²) in [5, 5.41) is 15.3. The second-order valence-corrected chi connectivity index (χ2v) is 8.92. The second kappa shape index (κ2) is 10.3. The molecule has 4 rings (SSSR count). The molecule has 0 aliphatic carbocycles. The average molecular weight is 537 g/mol. The summed E-state index contributed by atoms with van der Waals surface area (Å²) < 4.78 is 56.2. The Kier molecular flexibility index (Phi) is 7.32. The lowest BCUT2D eigenvalue weighted by atomic mass is 10.1. The first-order valence-corrected chi connectivity index (χ1v) is 11.5. The number of rotatable bonds is 6. The summed E-state index contributed by atoms with van der Waals surface area (Å²) in [6.45, 7) is 3.94. The first kappa shape index (κ1) is 25.6. The number of hydrogen-bond acceptors (Lipinski definition) is 3. The van der Waals surface area contributed by atoms with Crippen LogP contribution in [0, 0.1) is 19.7 Å².